The zero-order chi connectivity index (χ0) is 16.9. The van der Waals surface area contributed by atoms with Crippen molar-refractivity contribution < 1.29 is 19.5 Å². The van der Waals surface area contributed by atoms with Crippen molar-refractivity contribution in [3.63, 3.8) is 0 Å². The molecule has 24 heavy (non-hydrogen) atoms. The van der Waals surface area contributed by atoms with Gasteiger partial charge >= 0.3 is 5.97 Å². The first-order valence-corrected chi connectivity index (χ1v) is 8.39. The van der Waals surface area contributed by atoms with Gasteiger partial charge in [-0.1, -0.05) is 5.16 Å². The fraction of sp³-hybridized carbons (Fsp3) is 0.588. The van der Waals surface area contributed by atoms with Crippen molar-refractivity contribution >= 4 is 11.8 Å². The van der Waals surface area contributed by atoms with Crippen LogP contribution in [-0.4, -0.2) is 53.2 Å². The number of carbonyl (C=O) groups excluding carboxylic acids is 1. The molecular weight excluding hydrogens is 310 g/mol. The number of methoxy groups -OCH3 is 1. The Morgan fingerprint density at radius 1 is 1.33 bits per heavy atom. The summed E-state index contributed by atoms with van der Waals surface area (Å²) in [5, 5.41) is 13.0. The Morgan fingerprint density at radius 2 is 2.08 bits per heavy atom. The van der Waals surface area contributed by atoms with E-state index >= 15 is 0 Å². The number of piperidine rings is 1. The number of esters is 1. The van der Waals surface area contributed by atoms with Crippen molar-refractivity contribution in [3.05, 3.63) is 23.9 Å². The van der Waals surface area contributed by atoms with Crippen LogP contribution in [0, 0.1) is 5.92 Å². The maximum Gasteiger partial charge on any atom is 0.308 e. The molecule has 1 saturated carbocycles. The Kier molecular flexibility index (Phi) is 5.17. The Balaban J connectivity index is 1.72. The van der Waals surface area contributed by atoms with E-state index in [0.29, 0.717) is 43.2 Å². The lowest BCUT2D eigenvalue weighted by atomic mass is 9.96. The molecule has 0 amide bonds. The molecule has 1 aliphatic heterocycles. The minimum absolute atomic E-state index is 0.0919. The predicted molar refractivity (Wildman–Crippen MR) is 87.1 cm³/mol. The lowest BCUT2D eigenvalue weighted by Gasteiger charge is -2.33. The number of carbonyl (C=O) groups is 1. The average molecular weight is 333 g/mol. The third-order valence-electron chi connectivity index (χ3n) is 4.77. The van der Waals surface area contributed by atoms with Crippen molar-refractivity contribution in [2.75, 3.05) is 20.2 Å². The highest BCUT2D eigenvalue weighted by atomic mass is 16.5. The molecule has 3 rings (SSSR count). The molecule has 2 aliphatic rings. The normalized spacial score (nSPS) is 19.7. The maximum atomic E-state index is 11.6. The number of pyridine rings is 1. The van der Waals surface area contributed by atoms with Crippen molar-refractivity contribution in [3.8, 4) is 5.88 Å². The minimum Gasteiger partial charge on any atom is -0.474 e. The largest absolute Gasteiger partial charge is 0.474 e. The van der Waals surface area contributed by atoms with Crippen LogP contribution in [0.1, 0.15) is 37.7 Å². The molecule has 1 aliphatic carbocycles. The second-order valence-electron chi connectivity index (χ2n) is 6.23. The first kappa shape index (κ1) is 16.5. The molecule has 7 nitrogen and oxygen atoms in total. The SMILES string of the molecule is COC(=O)C1CCN(/C(=N\O)c2cccnc2OC2CCC2)CC1. The van der Waals surface area contributed by atoms with Gasteiger partial charge in [0.25, 0.3) is 0 Å². The van der Waals surface area contributed by atoms with Gasteiger partial charge in [-0.2, -0.15) is 0 Å². The standard InChI is InChI=1S/C17H23N3O4/c1-23-17(21)12-7-10-20(11-8-12)15(19-22)14-6-3-9-18-16(14)24-13-4-2-5-13/h3,6,9,12-13,22H,2,4-5,7-8,10-11H2,1H3/b19-15-. The van der Waals surface area contributed by atoms with Crippen LogP contribution in [0.3, 0.4) is 0 Å². The molecule has 1 saturated heterocycles. The Bertz CT molecular complexity index is 608. The summed E-state index contributed by atoms with van der Waals surface area (Å²) in [5.41, 5.74) is 0.684. The van der Waals surface area contributed by atoms with Crippen LogP contribution in [0.5, 0.6) is 5.88 Å². The highest BCUT2D eigenvalue weighted by Crippen LogP contribution is 2.28. The van der Waals surface area contributed by atoms with Gasteiger partial charge in [0, 0.05) is 19.3 Å². The molecule has 0 radical (unpaired) electrons. The molecule has 1 N–H and O–H groups in total. The number of ether oxygens (including phenoxy) is 2. The summed E-state index contributed by atoms with van der Waals surface area (Å²) in [4.78, 5) is 17.9. The van der Waals surface area contributed by atoms with Crippen LogP contribution in [0.2, 0.25) is 0 Å². The molecule has 0 atom stereocenters. The van der Waals surface area contributed by atoms with Gasteiger partial charge < -0.3 is 19.6 Å². The molecule has 1 aromatic heterocycles. The van der Waals surface area contributed by atoms with E-state index in [4.69, 9.17) is 9.47 Å². The highest BCUT2D eigenvalue weighted by Gasteiger charge is 2.30. The number of amidine groups is 1. The van der Waals surface area contributed by atoms with E-state index in [1.807, 2.05) is 11.0 Å². The third-order valence-corrected chi connectivity index (χ3v) is 4.77. The lowest BCUT2D eigenvalue weighted by Crippen LogP contribution is -2.41. The van der Waals surface area contributed by atoms with Crippen molar-refractivity contribution in [1.29, 1.82) is 0 Å². The van der Waals surface area contributed by atoms with Crippen LogP contribution in [0.4, 0.5) is 0 Å². The number of oxime groups is 1. The van der Waals surface area contributed by atoms with Gasteiger partial charge in [-0.25, -0.2) is 4.98 Å². The number of hydrogen-bond acceptors (Lipinski definition) is 6. The molecule has 0 spiro atoms. The summed E-state index contributed by atoms with van der Waals surface area (Å²) in [6.45, 7) is 1.24. The van der Waals surface area contributed by atoms with Gasteiger partial charge in [-0.15, -0.1) is 0 Å². The molecule has 0 bridgehead atoms. The van der Waals surface area contributed by atoms with Gasteiger partial charge in [0.2, 0.25) is 5.88 Å². The van der Waals surface area contributed by atoms with E-state index in [1.165, 1.54) is 13.5 Å². The minimum atomic E-state index is -0.174. The van der Waals surface area contributed by atoms with Crippen molar-refractivity contribution in [1.82, 2.24) is 9.88 Å². The molecule has 130 valence electrons. The molecule has 2 fully saturated rings. The summed E-state index contributed by atoms with van der Waals surface area (Å²) in [7, 11) is 1.41. The number of aromatic nitrogens is 1. The maximum absolute atomic E-state index is 11.6. The predicted octanol–water partition coefficient (Wildman–Crippen LogP) is 2.03. The molecule has 2 heterocycles. The summed E-state index contributed by atoms with van der Waals surface area (Å²) >= 11 is 0. The molecule has 1 aromatic rings. The third kappa shape index (κ3) is 3.44. The fourth-order valence-corrected chi connectivity index (χ4v) is 3.08. The van der Waals surface area contributed by atoms with Crippen LogP contribution in [0.25, 0.3) is 0 Å². The lowest BCUT2D eigenvalue weighted by molar-refractivity contribution is -0.146. The van der Waals surface area contributed by atoms with Gasteiger partial charge in [-0.05, 0) is 44.2 Å². The second-order valence-corrected chi connectivity index (χ2v) is 6.23. The van der Waals surface area contributed by atoms with Gasteiger partial charge in [0.05, 0.1) is 18.6 Å². The smallest absolute Gasteiger partial charge is 0.308 e. The fourth-order valence-electron chi connectivity index (χ4n) is 3.08. The Morgan fingerprint density at radius 3 is 2.67 bits per heavy atom. The van der Waals surface area contributed by atoms with E-state index < -0.39 is 0 Å². The zero-order valence-corrected chi connectivity index (χ0v) is 13.9. The highest BCUT2D eigenvalue weighted by molar-refractivity contribution is 6.00. The van der Waals surface area contributed by atoms with Crippen LogP contribution in [-0.2, 0) is 9.53 Å². The summed E-state index contributed by atoms with van der Waals surface area (Å²) in [6.07, 6.45) is 6.46. The van der Waals surface area contributed by atoms with E-state index in [1.54, 1.807) is 12.3 Å². The van der Waals surface area contributed by atoms with Gasteiger partial charge in [-0.3, -0.25) is 4.79 Å². The molecule has 0 aromatic carbocycles. The second kappa shape index (κ2) is 7.51. The molecule has 0 unspecified atom stereocenters. The average Bonchev–Trinajstić information content (AvgIpc) is 2.60. The van der Waals surface area contributed by atoms with Crippen LogP contribution >= 0.6 is 0 Å². The topological polar surface area (TPSA) is 84.2 Å². The summed E-state index contributed by atoms with van der Waals surface area (Å²) in [6, 6.07) is 3.65. The van der Waals surface area contributed by atoms with Crippen molar-refractivity contribution in [2.24, 2.45) is 11.1 Å². The Hall–Kier alpha value is -2.31. The van der Waals surface area contributed by atoms with Crippen molar-refractivity contribution in [2.45, 2.75) is 38.2 Å². The summed E-state index contributed by atoms with van der Waals surface area (Å²) in [5.74, 6) is 0.684. The van der Waals surface area contributed by atoms with Gasteiger partial charge in [0.15, 0.2) is 5.84 Å². The van der Waals surface area contributed by atoms with Crippen LogP contribution in [0.15, 0.2) is 23.5 Å². The number of rotatable bonds is 4. The first-order chi connectivity index (χ1) is 11.7. The van der Waals surface area contributed by atoms with Gasteiger partial charge in [0.1, 0.15) is 6.10 Å². The van der Waals surface area contributed by atoms with E-state index in [0.717, 1.165) is 12.8 Å². The first-order valence-electron chi connectivity index (χ1n) is 8.39. The van der Waals surface area contributed by atoms with E-state index in [-0.39, 0.29) is 18.0 Å². The van der Waals surface area contributed by atoms with E-state index in [9.17, 15) is 10.0 Å². The number of hydrogen-bond donors (Lipinski definition) is 1. The number of nitrogens with zero attached hydrogens (tertiary/aromatic N) is 3. The van der Waals surface area contributed by atoms with Crippen LogP contribution < -0.4 is 4.74 Å². The quantitative estimate of drug-likeness (QED) is 0.298. The monoisotopic (exact) mass is 333 g/mol. The Labute approximate surface area is 141 Å². The summed E-state index contributed by atoms with van der Waals surface area (Å²) < 4.78 is 10.7. The number of likely N-dealkylation sites (tertiary alicyclic amines) is 1. The zero-order valence-electron chi connectivity index (χ0n) is 13.9. The molecule has 7 heteroatoms. The molecular formula is C17H23N3O4. The van der Waals surface area contributed by atoms with E-state index in [2.05, 4.69) is 10.1 Å².